The molecular weight excluding hydrogens is 282 g/mol. The molecule has 3 rings (SSSR count). The fourth-order valence-corrected chi connectivity index (χ4v) is 2.83. The first-order valence-corrected chi connectivity index (χ1v) is 7.54. The molecule has 0 saturated heterocycles. The first kappa shape index (κ1) is 13.7. The van der Waals surface area contributed by atoms with Crippen LogP contribution in [0.25, 0.3) is 11.0 Å². The maximum Gasteiger partial charge on any atom is 0.255 e. The highest BCUT2D eigenvalue weighted by Crippen LogP contribution is 2.22. The second kappa shape index (κ2) is 5.61. The molecule has 5 heteroatoms. The van der Waals surface area contributed by atoms with Gasteiger partial charge in [0.25, 0.3) is 5.91 Å². The van der Waals surface area contributed by atoms with Crippen LogP contribution >= 0.6 is 11.7 Å². The maximum absolute atomic E-state index is 12.4. The number of nitrogens with one attached hydrogen (secondary N) is 1. The van der Waals surface area contributed by atoms with E-state index in [4.69, 9.17) is 0 Å². The van der Waals surface area contributed by atoms with Gasteiger partial charge in [0.15, 0.2) is 0 Å². The molecule has 0 aliphatic carbocycles. The molecule has 1 N–H and O–H groups in total. The minimum atomic E-state index is -0.117. The number of amides is 1. The van der Waals surface area contributed by atoms with Gasteiger partial charge in [-0.2, -0.15) is 8.75 Å². The standard InChI is InChI=1S/C16H15N3OS/c1-3-11-6-4-5-10(2)15(11)17-16(20)12-7-8-13-14(9-12)19-21-18-13/h4-9H,3H2,1-2H3,(H,17,20). The molecule has 0 atom stereocenters. The number of aryl methyl sites for hydroxylation is 2. The topological polar surface area (TPSA) is 54.9 Å². The maximum atomic E-state index is 12.4. The minimum Gasteiger partial charge on any atom is -0.321 e. The summed E-state index contributed by atoms with van der Waals surface area (Å²) in [6.45, 7) is 4.08. The Kier molecular flexibility index (Phi) is 3.66. The SMILES string of the molecule is CCc1cccc(C)c1NC(=O)c1ccc2nsnc2c1. The highest BCUT2D eigenvalue weighted by atomic mass is 32.1. The summed E-state index contributed by atoms with van der Waals surface area (Å²) < 4.78 is 8.31. The molecular formula is C16H15N3OS. The second-order valence-electron chi connectivity index (χ2n) is 4.88. The zero-order valence-electron chi connectivity index (χ0n) is 11.9. The highest BCUT2D eigenvalue weighted by Gasteiger charge is 2.12. The van der Waals surface area contributed by atoms with Crippen LogP contribution in [-0.2, 0) is 6.42 Å². The Bertz CT molecular complexity index is 810. The van der Waals surface area contributed by atoms with Crippen molar-refractivity contribution in [2.75, 3.05) is 5.32 Å². The molecule has 0 saturated carbocycles. The van der Waals surface area contributed by atoms with E-state index in [0.717, 1.165) is 46.0 Å². The largest absolute Gasteiger partial charge is 0.321 e. The van der Waals surface area contributed by atoms with Gasteiger partial charge in [0, 0.05) is 11.3 Å². The van der Waals surface area contributed by atoms with E-state index in [1.54, 1.807) is 12.1 Å². The molecule has 0 fully saturated rings. The summed E-state index contributed by atoms with van der Waals surface area (Å²) in [5.41, 5.74) is 5.29. The van der Waals surface area contributed by atoms with Crippen LogP contribution in [0, 0.1) is 6.92 Å². The van der Waals surface area contributed by atoms with Gasteiger partial charge in [-0.25, -0.2) is 0 Å². The normalized spacial score (nSPS) is 10.8. The van der Waals surface area contributed by atoms with Crippen LogP contribution in [0.1, 0.15) is 28.4 Å². The molecule has 1 aromatic heterocycles. The van der Waals surface area contributed by atoms with Crippen molar-refractivity contribution in [2.45, 2.75) is 20.3 Å². The fourth-order valence-electron chi connectivity index (χ4n) is 2.31. The third-order valence-corrected chi connectivity index (χ3v) is 4.05. The van der Waals surface area contributed by atoms with Crippen molar-refractivity contribution in [3.8, 4) is 0 Å². The molecule has 21 heavy (non-hydrogen) atoms. The molecule has 0 aliphatic rings. The van der Waals surface area contributed by atoms with Crippen LogP contribution in [0.2, 0.25) is 0 Å². The number of carbonyl (C=O) groups excluding carboxylic acids is 1. The number of anilines is 1. The Morgan fingerprint density at radius 1 is 1.19 bits per heavy atom. The number of fused-ring (bicyclic) bond motifs is 1. The van der Waals surface area contributed by atoms with Gasteiger partial charge in [0.1, 0.15) is 11.0 Å². The average molecular weight is 297 g/mol. The number of aromatic nitrogens is 2. The molecule has 4 nitrogen and oxygen atoms in total. The van der Waals surface area contributed by atoms with E-state index in [1.807, 2.05) is 31.2 Å². The van der Waals surface area contributed by atoms with Gasteiger partial charge in [0.05, 0.1) is 11.7 Å². The van der Waals surface area contributed by atoms with Gasteiger partial charge in [-0.05, 0) is 42.7 Å². The summed E-state index contributed by atoms with van der Waals surface area (Å²) in [4.78, 5) is 12.4. The third kappa shape index (κ3) is 2.64. The van der Waals surface area contributed by atoms with Crippen molar-refractivity contribution in [1.82, 2.24) is 8.75 Å². The van der Waals surface area contributed by atoms with Gasteiger partial charge in [-0.1, -0.05) is 25.1 Å². The molecule has 0 radical (unpaired) electrons. The lowest BCUT2D eigenvalue weighted by Crippen LogP contribution is -2.14. The summed E-state index contributed by atoms with van der Waals surface area (Å²) in [5.74, 6) is -0.117. The monoisotopic (exact) mass is 297 g/mol. The highest BCUT2D eigenvalue weighted by molar-refractivity contribution is 7.00. The molecule has 0 aliphatic heterocycles. The minimum absolute atomic E-state index is 0.117. The number of nitrogens with zero attached hydrogens (tertiary/aromatic N) is 2. The van der Waals surface area contributed by atoms with E-state index in [9.17, 15) is 4.79 Å². The van der Waals surface area contributed by atoms with Gasteiger partial charge in [0.2, 0.25) is 0 Å². The van der Waals surface area contributed by atoms with Crippen LogP contribution in [-0.4, -0.2) is 14.7 Å². The lowest BCUT2D eigenvalue weighted by molar-refractivity contribution is 0.102. The number of para-hydroxylation sites is 1. The van der Waals surface area contributed by atoms with Gasteiger partial charge >= 0.3 is 0 Å². The molecule has 106 valence electrons. The van der Waals surface area contributed by atoms with Crippen molar-refractivity contribution in [2.24, 2.45) is 0 Å². The summed E-state index contributed by atoms with van der Waals surface area (Å²) in [5, 5.41) is 3.02. The quantitative estimate of drug-likeness (QED) is 0.799. The summed E-state index contributed by atoms with van der Waals surface area (Å²) >= 11 is 1.15. The summed E-state index contributed by atoms with van der Waals surface area (Å²) in [6.07, 6.45) is 0.881. The third-order valence-electron chi connectivity index (χ3n) is 3.49. The first-order valence-electron chi connectivity index (χ1n) is 6.81. The zero-order valence-corrected chi connectivity index (χ0v) is 12.7. The van der Waals surface area contributed by atoms with Crippen LogP contribution < -0.4 is 5.32 Å². The number of hydrogen-bond donors (Lipinski definition) is 1. The lowest BCUT2D eigenvalue weighted by atomic mass is 10.1. The van der Waals surface area contributed by atoms with Crippen LogP contribution in [0.5, 0.6) is 0 Å². The van der Waals surface area contributed by atoms with E-state index in [1.165, 1.54) is 0 Å². The molecule has 1 amide bonds. The van der Waals surface area contributed by atoms with Crippen molar-refractivity contribution in [3.63, 3.8) is 0 Å². The van der Waals surface area contributed by atoms with Crippen molar-refractivity contribution in [1.29, 1.82) is 0 Å². The van der Waals surface area contributed by atoms with E-state index in [2.05, 4.69) is 21.0 Å². The van der Waals surface area contributed by atoms with Crippen molar-refractivity contribution >= 4 is 34.4 Å². The predicted octanol–water partition coefficient (Wildman–Crippen LogP) is 3.81. The van der Waals surface area contributed by atoms with Crippen LogP contribution in [0.4, 0.5) is 5.69 Å². The average Bonchev–Trinajstić information content (AvgIpc) is 2.96. The smallest absolute Gasteiger partial charge is 0.255 e. The van der Waals surface area contributed by atoms with E-state index in [0.29, 0.717) is 5.56 Å². The lowest BCUT2D eigenvalue weighted by Gasteiger charge is -2.12. The van der Waals surface area contributed by atoms with Crippen LogP contribution in [0.3, 0.4) is 0 Å². The summed E-state index contributed by atoms with van der Waals surface area (Å²) in [6, 6.07) is 11.4. The Morgan fingerprint density at radius 3 is 2.81 bits per heavy atom. The van der Waals surface area contributed by atoms with Crippen molar-refractivity contribution in [3.05, 3.63) is 53.1 Å². The van der Waals surface area contributed by atoms with E-state index >= 15 is 0 Å². The Labute approximate surface area is 127 Å². The molecule has 0 bridgehead atoms. The molecule has 2 aromatic carbocycles. The van der Waals surface area contributed by atoms with Gasteiger partial charge in [-0.3, -0.25) is 4.79 Å². The zero-order chi connectivity index (χ0) is 14.8. The predicted molar refractivity (Wildman–Crippen MR) is 85.9 cm³/mol. The molecule has 3 aromatic rings. The molecule has 0 spiro atoms. The Morgan fingerprint density at radius 2 is 2.00 bits per heavy atom. The van der Waals surface area contributed by atoms with Gasteiger partial charge in [-0.15, -0.1) is 0 Å². The fraction of sp³-hybridized carbons (Fsp3) is 0.188. The second-order valence-corrected chi connectivity index (χ2v) is 5.41. The molecule has 0 unspecified atom stereocenters. The number of hydrogen-bond acceptors (Lipinski definition) is 4. The van der Waals surface area contributed by atoms with Crippen molar-refractivity contribution < 1.29 is 4.79 Å². The number of carbonyl (C=O) groups is 1. The van der Waals surface area contributed by atoms with Gasteiger partial charge < -0.3 is 5.32 Å². The number of rotatable bonds is 3. The first-order chi connectivity index (χ1) is 10.2. The van der Waals surface area contributed by atoms with E-state index < -0.39 is 0 Å². The molecule has 1 heterocycles. The Balaban J connectivity index is 1.92. The summed E-state index contributed by atoms with van der Waals surface area (Å²) in [7, 11) is 0. The number of benzene rings is 2. The Hall–Kier alpha value is -2.27. The van der Waals surface area contributed by atoms with Crippen LogP contribution in [0.15, 0.2) is 36.4 Å². The van der Waals surface area contributed by atoms with E-state index in [-0.39, 0.29) is 5.91 Å².